The molecule has 1 fully saturated rings. The summed E-state index contributed by atoms with van der Waals surface area (Å²) >= 11 is 0. The average molecular weight is 602 g/mol. The Morgan fingerprint density at radius 3 is 2.70 bits per heavy atom. The second-order valence-corrected chi connectivity index (χ2v) is 11.6. The van der Waals surface area contributed by atoms with Crippen LogP contribution in [0, 0.1) is 25.6 Å². The van der Waals surface area contributed by atoms with Gasteiger partial charge < -0.3 is 29.4 Å². The number of likely N-dealkylation sites (tertiary alicyclic amines) is 1. The highest BCUT2D eigenvalue weighted by Crippen LogP contribution is 2.35. The molecular weight excluding hydrogens is 565 g/mol. The molecule has 2 atom stereocenters. The molecule has 2 aliphatic rings. The Morgan fingerprint density at radius 2 is 1.89 bits per heavy atom. The fraction of sp³-hybridized carbons (Fsp3) is 0.394. The fourth-order valence-electron chi connectivity index (χ4n) is 6.29. The second kappa shape index (κ2) is 12.5. The van der Waals surface area contributed by atoms with Crippen molar-refractivity contribution in [3.63, 3.8) is 0 Å². The van der Waals surface area contributed by atoms with Gasteiger partial charge in [0.1, 0.15) is 29.6 Å². The normalized spacial score (nSPS) is 19.3. The molecule has 4 heterocycles. The summed E-state index contributed by atoms with van der Waals surface area (Å²) in [6, 6.07) is 13.6. The molecule has 11 heteroatoms. The van der Waals surface area contributed by atoms with Crippen molar-refractivity contribution < 1.29 is 28.0 Å². The molecule has 2 bridgehead atoms. The van der Waals surface area contributed by atoms with Crippen LogP contribution in [0.25, 0.3) is 10.9 Å². The van der Waals surface area contributed by atoms with Crippen LogP contribution in [0.15, 0.2) is 53.1 Å². The van der Waals surface area contributed by atoms with Gasteiger partial charge in [-0.25, -0.2) is 4.39 Å². The Bertz CT molecular complexity index is 1680. The number of nitrogens with zero attached hydrogens (tertiary/aromatic N) is 3. The molecule has 1 saturated heterocycles. The molecule has 44 heavy (non-hydrogen) atoms. The molecule has 3 amide bonds. The van der Waals surface area contributed by atoms with Crippen molar-refractivity contribution >= 4 is 28.6 Å². The van der Waals surface area contributed by atoms with Crippen LogP contribution in [-0.2, 0) is 16.0 Å². The first kappa shape index (κ1) is 29.4. The van der Waals surface area contributed by atoms with Gasteiger partial charge in [-0.3, -0.25) is 14.4 Å². The van der Waals surface area contributed by atoms with Crippen LogP contribution in [0.2, 0.25) is 0 Å². The van der Waals surface area contributed by atoms with Crippen LogP contribution in [0.4, 0.5) is 4.39 Å². The number of carbonyl (C=O) groups excluding carboxylic acids is 3. The highest BCUT2D eigenvalue weighted by Gasteiger charge is 2.41. The Hall–Kier alpha value is -4.67. The van der Waals surface area contributed by atoms with Gasteiger partial charge in [-0.05, 0) is 68.7 Å². The molecule has 0 aliphatic carbocycles. The SMILES string of the molecule is Cc1noc(C)c1CCC(=O)N1CCCNC(=O)[C@H]2CN(C(=O)c3cc4cc(F)ccc4[nH]3)C[C@@H]2c2cccc(c2)OCC1. The number of hydrogen-bond donors (Lipinski definition) is 2. The highest BCUT2D eigenvalue weighted by molar-refractivity contribution is 5.98. The molecule has 10 nitrogen and oxygen atoms in total. The van der Waals surface area contributed by atoms with Gasteiger partial charge in [0.15, 0.2) is 0 Å². The number of fused-ring (bicyclic) bond motifs is 5. The second-order valence-electron chi connectivity index (χ2n) is 11.6. The standard InChI is InChI=1S/C33H36FN5O5/c1-20-26(21(2)44-37-20)8-10-31(40)38-12-4-11-35-32(41)28-19-39(18-27(28)22-5-3-6-25(16-22)43-14-13-38)33(42)30-17-23-15-24(34)7-9-29(23)36-30/h3,5-7,9,15-17,27-28,36H,4,8,10-14,18-19H2,1-2H3,(H,35,41)/t27-,28+/m1/s1. The molecule has 6 rings (SSSR count). The van der Waals surface area contributed by atoms with Crippen LogP contribution in [0.3, 0.4) is 0 Å². The number of nitrogens with one attached hydrogen (secondary N) is 2. The molecule has 0 spiro atoms. The van der Waals surface area contributed by atoms with Gasteiger partial charge >= 0.3 is 0 Å². The third-order valence-corrected chi connectivity index (χ3v) is 8.70. The average Bonchev–Trinajstić information content (AvgIpc) is 3.73. The number of benzene rings is 2. The molecule has 230 valence electrons. The summed E-state index contributed by atoms with van der Waals surface area (Å²) in [4.78, 5) is 46.8. The number of ether oxygens (including phenoxy) is 1. The molecule has 2 aromatic heterocycles. The summed E-state index contributed by atoms with van der Waals surface area (Å²) in [5.74, 6) is -0.0637. The summed E-state index contributed by atoms with van der Waals surface area (Å²) in [5.41, 5.74) is 3.68. The van der Waals surface area contributed by atoms with Crippen LogP contribution in [0.5, 0.6) is 5.75 Å². The number of H-pyrrole nitrogens is 1. The van der Waals surface area contributed by atoms with Gasteiger partial charge in [-0.2, -0.15) is 0 Å². The van der Waals surface area contributed by atoms with Gasteiger partial charge in [0.25, 0.3) is 5.91 Å². The molecule has 2 aromatic carbocycles. The zero-order valence-corrected chi connectivity index (χ0v) is 24.9. The summed E-state index contributed by atoms with van der Waals surface area (Å²) < 4.78 is 25.1. The predicted molar refractivity (Wildman–Crippen MR) is 161 cm³/mol. The van der Waals surface area contributed by atoms with E-state index in [1.54, 1.807) is 21.9 Å². The van der Waals surface area contributed by atoms with Gasteiger partial charge in [0.05, 0.1) is 18.2 Å². The summed E-state index contributed by atoms with van der Waals surface area (Å²) in [7, 11) is 0. The zero-order chi connectivity index (χ0) is 30.8. The van der Waals surface area contributed by atoms with E-state index in [9.17, 15) is 18.8 Å². The Kier molecular flexibility index (Phi) is 8.36. The number of amides is 3. The van der Waals surface area contributed by atoms with E-state index in [0.29, 0.717) is 74.4 Å². The Labute approximate surface area is 254 Å². The lowest BCUT2D eigenvalue weighted by Gasteiger charge is -2.24. The lowest BCUT2D eigenvalue weighted by Crippen LogP contribution is -2.39. The number of hydrogen-bond acceptors (Lipinski definition) is 6. The van der Waals surface area contributed by atoms with Gasteiger partial charge in [-0.15, -0.1) is 0 Å². The smallest absolute Gasteiger partial charge is 0.270 e. The van der Waals surface area contributed by atoms with Crippen molar-refractivity contribution in [2.75, 3.05) is 39.3 Å². The van der Waals surface area contributed by atoms with Crippen molar-refractivity contribution in [1.29, 1.82) is 0 Å². The summed E-state index contributed by atoms with van der Waals surface area (Å²) in [5, 5.41) is 7.65. The van der Waals surface area contributed by atoms with Crippen molar-refractivity contribution in [2.24, 2.45) is 5.92 Å². The third-order valence-electron chi connectivity index (χ3n) is 8.70. The number of aromatic nitrogens is 2. The van der Waals surface area contributed by atoms with Gasteiger partial charge in [-0.1, -0.05) is 17.3 Å². The number of carbonyl (C=O) groups is 3. The Morgan fingerprint density at radius 1 is 1.05 bits per heavy atom. The first-order valence-electron chi connectivity index (χ1n) is 15.0. The molecule has 0 radical (unpaired) electrons. The van der Waals surface area contributed by atoms with E-state index in [4.69, 9.17) is 9.26 Å². The number of halogens is 1. The van der Waals surface area contributed by atoms with Crippen molar-refractivity contribution in [3.05, 3.63) is 82.6 Å². The number of aromatic amines is 1. The van der Waals surface area contributed by atoms with E-state index in [1.807, 2.05) is 38.1 Å². The maximum atomic E-state index is 13.7. The Balaban J connectivity index is 1.17. The van der Waals surface area contributed by atoms with Crippen LogP contribution in [0.1, 0.15) is 51.8 Å². The maximum Gasteiger partial charge on any atom is 0.270 e. The lowest BCUT2D eigenvalue weighted by atomic mass is 9.88. The van der Waals surface area contributed by atoms with Crippen molar-refractivity contribution in [1.82, 2.24) is 25.3 Å². The third kappa shape index (κ3) is 6.17. The molecule has 2 aliphatic heterocycles. The topological polar surface area (TPSA) is 121 Å². The number of aryl methyl sites for hydroxylation is 2. The van der Waals surface area contributed by atoms with Gasteiger partial charge in [0, 0.05) is 55.0 Å². The first-order chi connectivity index (χ1) is 21.3. The minimum atomic E-state index is -0.466. The minimum absolute atomic E-state index is 0.00509. The summed E-state index contributed by atoms with van der Waals surface area (Å²) in [6.07, 6.45) is 1.45. The molecule has 0 saturated carbocycles. The van der Waals surface area contributed by atoms with Gasteiger partial charge in [0.2, 0.25) is 11.8 Å². The fourth-order valence-corrected chi connectivity index (χ4v) is 6.29. The van der Waals surface area contributed by atoms with E-state index in [-0.39, 0.29) is 36.0 Å². The van der Waals surface area contributed by atoms with Crippen LogP contribution < -0.4 is 10.1 Å². The predicted octanol–water partition coefficient (Wildman–Crippen LogP) is 4.13. The molecule has 2 N–H and O–H groups in total. The molecule has 4 aromatic rings. The summed E-state index contributed by atoms with van der Waals surface area (Å²) in [6.45, 7) is 5.95. The van der Waals surface area contributed by atoms with E-state index >= 15 is 0 Å². The van der Waals surface area contributed by atoms with Crippen LogP contribution in [-0.4, -0.2) is 77.0 Å². The van der Waals surface area contributed by atoms with Crippen LogP contribution >= 0.6 is 0 Å². The van der Waals surface area contributed by atoms with E-state index in [2.05, 4.69) is 15.5 Å². The lowest BCUT2D eigenvalue weighted by molar-refractivity contribution is -0.131. The highest BCUT2D eigenvalue weighted by atomic mass is 19.1. The molecule has 0 unspecified atom stereocenters. The van der Waals surface area contributed by atoms with E-state index in [1.165, 1.54) is 12.1 Å². The van der Waals surface area contributed by atoms with Crippen molar-refractivity contribution in [3.8, 4) is 5.75 Å². The van der Waals surface area contributed by atoms with Crippen molar-refractivity contribution in [2.45, 2.75) is 39.0 Å². The zero-order valence-electron chi connectivity index (χ0n) is 24.9. The minimum Gasteiger partial charge on any atom is -0.492 e. The monoisotopic (exact) mass is 601 g/mol. The maximum absolute atomic E-state index is 13.7. The quantitative estimate of drug-likeness (QED) is 0.363. The number of rotatable bonds is 4. The van der Waals surface area contributed by atoms with E-state index < -0.39 is 5.92 Å². The largest absolute Gasteiger partial charge is 0.492 e. The van der Waals surface area contributed by atoms with E-state index in [0.717, 1.165) is 22.6 Å². The molecular formula is C33H36FN5O5. The first-order valence-corrected chi connectivity index (χ1v) is 15.0.